The van der Waals surface area contributed by atoms with Gasteiger partial charge in [-0.1, -0.05) is 6.92 Å². The Morgan fingerprint density at radius 2 is 1.19 bits per heavy atom. The van der Waals surface area contributed by atoms with Crippen LogP contribution in [0.3, 0.4) is 0 Å². The van der Waals surface area contributed by atoms with Crippen LogP contribution in [0.1, 0.15) is 122 Å². The molecule has 25 heteroatoms. The van der Waals surface area contributed by atoms with Crippen molar-refractivity contribution in [1.82, 2.24) is 0 Å². The zero-order valence-corrected chi connectivity index (χ0v) is 47.3. The van der Waals surface area contributed by atoms with Crippen molar-refractivity contribution >= 4 is 28.3 Å². The predicted octanol–water partition coefficient (Wildman–Crippen LogP) is 1.10. The first-order chi connectivity index (χ1) is 38.1. The minimum absolute atomic E-state index is 0.0146. The zero-order chi connectivity index (χ0) is 59.3. The number of esters is 1. The number of Topliss-reactive ketones (excluding diaryl/α,β-unsaturated/α-hetero) is 2. The number of ketones is 2. The number of carbonyl (C=O) groups is 3. The molecule has 8 rings (SSSR count). The molecule has 25 atom stereocenters. The highest BCUT2D eigenvalue weighted by atomic mass is 16.7. The first-order valence-corrected chi connectivity index (χ1v) is 28.0. The van der Waals surface area contributed by atoms with Gasteiger partial charge in [0.05, 0.1) is 71.5 Å². The first-order valence-electron chi connectivity index (χ1n) is 28.0. The SMILES string of the molecule is CCCC(=O)O[C@@H]1C[C@H](OC2C[C@H](Oc3cc4cc5c(c(O)c4c(O)c3C)C(=O)[C@@H](O[C@H]3C[C@@H](O[C@H]4C[C@@H](O[C@H]6C[C@](C)(O)[C@H](O)C(C)O6)[C@@H](O)C(C)O4)[C@H](O)C(C)O3)[C@H]([C@H](OC)C(=O)[C@@H](O)[C@@H](C)O)C5)OC(C)[C@H]2O)OC(C)[C@H]1O. The quantitative estimate of drug-likeness (QED) is 0.0934. The van der Waals surface area contributed by atoms with Crippen LogP contribution in [0, 0.1) is 12.8 Å². The molecule has 0 saturated carbocycles. The van der Waals surface area contributed by atoms with Crippen LogP contribution in [-0.2, 0) is 68.1 Å². The third kappa shape index (κ3) is 13.5. The lowest BCUT2D eigenvalue weighted by atomic mass is 9.75. The predicted molar refractivity (Wildman–Crippen MR) is 277 cm³/mol. The van der Waals surface area contributed by atoms with Crippen molar-refractivity contribution in [2.75, 3.05) is 7.11 Å². The number of aromatic hydroxyl groups is 2. The lowest BCUT2D eigenvalue weighted by Gasteiger charge is -2.46. The zero-order valence-electron chi connectivity index (χ0n) is 47.3. The molecule has 2 aromatic rings. The van der Waals surface area contributed by atoms with Gasteiger partial charge in [-0.05, 0) is 91.3 Å². The fraction of sp³-hybridized carbons (Fsp3) is 0.768. The van der Waals surface area contributed by atoms with Crippen molar-refractivity contribution in [3.05, 3.63) is 28.8 Å². The number of phenolic OH excluding ortho intramolecular Hbond substituents is 2. The summed E-state index contributed by atoms with van der Waals surface area (Å²) < 4.78 is 72.6. The van der Waals surface area contributed by atoms with E-state index in [-0.39, 0.29) is 78.2 Å². The first kappa shape index (κ1) is 63.2. The summed E-state index contributed by atoms with van der Waals surface area (Å²) in [6, 6.07) is 3.03. The third-order valence-corrected chi connectivity index (χ3v) is 16.6. The average Bonchev–Trinajstić information content (AvgIpc) is 2.79. The van der Waals surface area contributed by atoms with Crippen LogP contribution in [0.5, 0.6) is 17.2 Å². The van der Waals surface area contributed by atoms with E-state index in [1.165, 1.54) is 46.9 Å². The number of aliphatic hydroxyl groups is 8. The normalized spacial score (nSPS) is 40.5. The van der Waals surface area contributed by atoms with Gasteiger partial charge in [0.1, 0.15) is 72.2 Å². The molecule has 10 N–H and O–H groups in total. The van der Waals surface area contributed by atoms with Gasteiger partial charge in [0.2, 0.25) is 6.29 Å². The van der Waals surface area contributed by atoms with E-state index >= 15 is 4.79 Å². The van der Waals surface area contributed by atoms with Crippen LogP contribution in [0.25, 0.3) is 10.8 Å². The molecule has 2 aromatic carbocycles. The lowest BCUT2D eigenvalue weighted by molar-refractivity contribution is -0.334. The maximum Gasteiger partial charge on any atom is 0.306 e. The Balaban J connectivity index is 1.03. The smallest absolute Gasteiger partial charge is 0.306 e. The van der Waals surface area contributed by atoms with Crippen LogP contribution in [0.2, 0.25) is 0 Å². The molecular formula is C56H82O25. The van der Waals surface area contributed by atoms with E-state index in [1.807, 2.05) is 6.92 Å². The molecule has 0 radical (unpaired) electrons. The summed E-state index contributed by atoms with van der Waals surface area (Å²) in [5, 5.41) is 111. The standard InChI is InChI=1S/C56H82O25/c1-11-12-36(58)76-32-16-38(72-23(4)46(32)61)78-33-17-37(71-24(5)47(33)62)77-31-15-29-13-28-14-30(53(70-10)52(67)45(60)22(3)57)54(51(66)43(28)50(65)42(29)44(59)21(31)2)81-40-19-34(48(63)26(7)74-40)79-39-18-35(49(64)25(6)73-39)80-41-20-56(9,69)55(68)27(8)75-41/h13,15,22-27,30,32-35,37-41,45-49,53-55,57,59-65,68-69H,11-12,14,16-20H2,1-10H3/t22-,23?,24?,25?,26?,27?,30+,32-,33?,34-,35-,37+,38+,39+,40+,41+,45+,46-,47-,48-,49+,53+,54+,55-,56+/m1/s1. The van der Waals surface area contributed by atoms with Gasteiger partial charge in [0, 0.05) is 57.1 Å². The van der Waals surface area contributed by atoms with Crippen molar-refractivity contribution in [2.24, 2.45) is 5.92 Å². The highest BCUT2D eigenvalue weighted by Crippen LogP contribution is 2.48. The number of rotatable bonds is 18. The second-order valence-corrected chi connectivity index (χ2v) is 22.9. The molecule has 1 aliphatic carbocycles. The van der Waals surface area contributed by atoms with E-state index < -0.39 is 182 Å². The minimum Gasteiger partial charge on any atom is -0.507 e. The average molecular weight is 1160 g/mol. The molecule has 5 heterocycles. The topological polar surface area (TPSA) is 364 Å². The van der Waals surface area contributed by atoms with Crippen LogP contribution in [-0.4, -0.2) is 223 Å². The molecule has 6 unspecified atom stereocenters. The van der Waals surface area contributed by atoms with Crippen LogP contribution in [0.4, 0.5) is 0 Å². The van der Waals surface area contributed by atoms with E-state index in [0.717, 1.165) is 0 Å². The molecule has 0 amide bonds. The molecule has 0 aromatic heterocycles. The summed E-state index contributed by atoms with van der Waals surface area (Å²) in [6.45, 7) is 13.9. The number of aliphatic hydroxyl groups excluding tert-OH is 7. The summed E-state index contributed by atoms with van der Waals surface area (Å²) in [5.74, 6) is -4.60. The number of hydrogen-bond donors (Lipinski definition) is 10. The van der Waals surface area contributed by atoms with Crippen molar-refractivity contribution < 1.29 is 122 Å². The second-order valence-electron chi connectivity index (χ2n) is 22.9. The van der Waals surface area contributed by atoms with Gasteiger partial charge in [-0.15, -0.1) is 0 Å². The monoisotopic (exact) mass is 1150 g/mol. The highest BCUT2D eigenvalue weighted by molar-refractivity contribution is 6.11. The van der Waals surface area contributed by atoms with Gasteiger partial charge in [0.15, 0.2) is 36.7 Å². The fourth-order valence-corrected chi connectivity index (χ4v) is 11.9. The van der Waals surface area contributed by atoms with Crippen molar-refractivity contribution in [1.29, 1.82) is 0 Å². The van der Waals surface area contributed by atoms with Crippen molar-refractivity contribution in [3.63, 3.8) is 0 Å². The Morgan fingerprint density at radius 1 is 0.704 bits per heavy atom. The Kier molecular flexibility index (Phi) is 20.1. The van der Waals surface area contributed by atoms with Crippen molar-refractivity contribution in [3.8, 4) is 17.2 Å². The minimum atomic E-state index is -1.96. The summed E-state index contributed by atoms with van der Waals surface area (Å²) in [7, 11) is 1.18. The lowest BCUT2D eigenvalue weighted by Crippen LogP contribution is -2.58. The number of ether oxygens (including phenoxy) is 12. The van der Waals surface area contributed by atoms with E-state index in [0.29, 0.717) is 6.42 Å². The number of benzene rings is 2. The number of hydrogen-bond acceptors (Lipinski definition) is 25. The second kappa shape index (κ2) is 25.8. The summed E-state index contributed by atoms with van der Waals surface area (Å²) >= 11 is 0. The summed E-state index contributed by atoms with van der Waals surface area (Å²) in [6.07, 6.45) is -26.4. The Labute approximate surface area is 469 Å². The van der Waals surface area contributed by atoms with E-state index in [4.69, 9.17) is 56.8 Å². The summed E-state index contributed by atoms with van der Waals surface area (Å²) in [4.78, 5) is 41.4. The van der Waals surface area contributed by atoms with Gasteiger partial charge >= 0.3 is 5.97 Å². The number of methoxy groups -OCH3 is 1. The molecule has 0 spiro atoms. The maximum absolute atomic E-state index is 15.1. The van der Waals surface area contributed by atoms with Gasteiger partial charge in [0.25, 0.3) is 0 Å². The maximum atomic E-state index is 15.1. The molecule has 5 aliphatic heterocycles. The molecule has 5 fully saturated rings. The molecule has 6 aliphatic rings. The Morgan fingerprint density at radius 3 is 1.70 bits per heavy atom. The van der Waals surface area contributed by atoms with E-state index in [9.17, 15) is 60.7 Å². The molecule has 456 valence electrons. The molecule has 0 bridgehead atoms. The van der Waals surface area contributed by atoms with Gasteiger partial charge in [-0.3, -0.25) is 14.4 Å². The van der Waals surface area contributed by atoms with Crippen LogP contribution < -0.4 is 4.74 Å². The third-order valence-electron chi connectivity index (χ3n) is 16.6. The molecule has 25 nitrogen and oxygen atoms in total. The molecular weight excluding hydrogens is 1070 g/mol. The van der Waals surface area contributed by atoms with Crippen LogP contribution >= 0.6 is 0 Å². The molecule has 5 saturated heterocycles. The van der Waals surface area contributed by atoms with Crippen molar-refractivity contribution in [2.45, 2.75) is 261 Å². The van der Waals surface area contributed by atoms with E-state index in [1.54, 1.807) is 27.7 Å². The van der Waals surface area contributed by atoms with E-state index in [2.05, 4.69) is 0 Å². The highest BCUT2D eigenvalue weighted by Gasteiger charge is 2.52. The summed E-state index contributed by atoms with van der Waals surface area (Å²) in [5.41, 5.74) is -1.50. The molecule has 81 heavy (non-hydrogen) atoms. The Hall–Kier alpha value is -3.81. The van der Waals surface area contributed by atoms with Gasteiger partial charge in [-0.25, -0.2) is 0 Å². The van der Waals surface area contributed by atoms with Gasteiger partial charge < -0.3 is 108 Å². The number of fused-ring (bicyclic) bond motifs is 2. The van der Waals surface area contributed by atoms with Crippen LogP contribution in [0.15, 0.2) is 12.1 Å². The number of phenols is 2. The van der Waals surface area contributed by atoms with Gasteiger partial charge in [-0.2, -0.15) is 0 Å². The number of carbonyl (C=O) groups excluding carboxylic acids is 3. The largest absolute Gasteiger partial charge is 0.507 e. The fourth-order valence-electron chi connectivity index (χ4n) is 11.9. The Bertz CT molecular complexity index is 2530.